The highest BCUT2D eigenvalue weighted by atomic mass is 32.1. The first-order valence-electron chi connectivity index (χ1n) is 5.50. The molecule has 0 fully saturated rings. The second-order valence-corrected chi connectivity index (χ2v) is 4.99. The van der Waals surface area contributed by atoms with Crippen LogP contribution in [0.5, 0.6) is 0 Å². The molecule has 2 atom stereocenters. The molecule has 14 heavy (non-hydrogen) atoms. The molecule has 1 aromatic heterocycles. The largest absolute Gasteiger partial charge is 0.314 e. The molecule has 0 saturated carbocycles. The first-order valence-corrected chi connectivity index (χ1v) is 6.38. The zero-order chi connectivity index (χ0) is 10.4. The predicted octanol–water partition coefficient (Wildman–Crippen LogP) is 3.63. The molecule has 80 valence electrons. The van der Waals surface area contributed by atoms with Crippen LogP contribution < -0.4 is 5.32 Å². The first kappa shape index (κ1) is 11.7. The molecule has 0 aliphatic heterocycles. The smallest absolute Gasteiger partial charge is 0.00740 e. The molecule has 1 heterocycles. The van der Waals surface area contributed by atoms with Crippen LogP contribution in [0, 0.1) is 0 Å². The Morgan fingerprint density at radius 1 is 1.43 bits per heavy atom. The lowest BCUT2D eigenvalue weighted by molar-refractivity contribution is 0.482. The van der Waals surface area contributed by atoms with Gasteiger partial charge in [-0.3, -0.25) is 0 Å². The third-order valence-electron chi connectivity index (χ3n) is 2.48. The van der Waals surface area contributed by atoms with E-state index < -0.39 is 0 Å². The summed E-state index contributed by atoms with van der Waals surface area (Å²) in [4.78, 5) is 1.51. The lowest BCUT2D eigenvalue weighted by Crippen LogP contribution is -2.27. The van der Waals surface area contributed by atoms with Crippen LogP contribution in [0.3, 0.4) is 0 Å². The highest BCUT2D eigenvalue weighted by Gasteiger charge is 2.10. The third kappa shape index (κ3) is 3.81. The van der Waals surface area contributed by atoms with Gasteiger partial charge in [-0.05, 0) is 43.7 Å². The summed E-state index contributed by atoms with van der Waals surface area (Å²) in [6, 6.07) is 5.01. The van der Waals surface area contributed by atoms with E-state index >= 15 is 0 Å². The Morgan fingerprint density at radius 3 is 2.79 bits per heavy atom. The Balaban J connectivity index is 2.29. The van der Waals surface area contributed by atoms with E-state index in [1.807, 2.05) is 11.3 Å². The monoisotopic (exact) mass is 211 g/mol. The summed E-state index contributed by atoms with van der Waals surface area (Å²) in [5.74, 6) is 0.689. The van der Waals surface area contributed by atoms with Gasteiger partial charge in [-0.15, -0.1) is 11.3 Å². The normalized spacial score (nSPS) is 15.4. The molecule has 0 aromatic carbocycles. The molecule has 0 spiro atoms. The maximum absolute atomic E-state index is 3.53. The van der Waals surface area contributed by atoms with E-state index in [4.69, 9.17) is 0 Å². The number of hydrogen-bond donors (Lipinski definition) is 1. The third-order valence-corrected chi connectivity index (χ3v) is 3.58. The quantitative estimate of drug-likeness (QED) is 0.757. The Bertz CT molecular complexity index is 230. The summed E-state index contributed by atoms with van der Waals surface area (Å²) < 4.78 is 0. The van der Waals surface area contributed by atoms with Crippen molar-refractivity contribution >= 4 is 11.3 Å². The summed E-state index contributed by atoms with van der Waals surface area (Å²) in [5.41, 5.74) is 0. The number of hydrogen-bond acceptors (Lipinski definition) is 2. The molecule has 2 unspecified atom stereocenters. The summed E-state index contributed by atoms with van der Waals surface area (Å²) in [5, 5.41) is 5.69. The minimum atomic E-state index is 0.632. The molecule has 0 saturated heterocycles. The van der Waals surface area contributed by atoms with Gasteiger partial charge in [-0.1, -0.05) is 19.9 Å². The summed E-state index contributed by atoms with van der Waals surface area (Å²) in [6.45, 7) is 7.94. The summed E-state index contributed by atoms with van der Waals surface area (Å²) >= 11 is 1.87. The van der Waals surface area contributed by atoms with Crippen LogP contribution in [0.4, 0.5) is 0 Å². The standard InChI is InChI=1S/C12H21NS/c1-4-7-13-11(3)9-10(2)12-6-5-8-14-12/h5-6,8,10-11,13H,4,7,9H2,1-3H3. The van der Waals surface area contributed by atoms with Crippen LogP contribution in [0.25, 0.3) is 0 Å². The van der Waals surface area contributed by atoms with E-state index in [1.165, 1.54) is 17.7 Å². The van der Waals surface area contributed by atoms with Gasteiger partial charge in [0, 0.05) is 10.9 Å². The highest BCUT2D eigenvalue weighted by molar-refractivity contribution is 7.10. The predicted molar refractivity (Wildman–Crippen MR) is 65.1 cm³/mol. The molecular weight excluding hydrogens is 190 g/mol. The van der Waals surface area contributed by atoms with E-state index in [0.29, 0.717) is 12.0 Å². The van der Waals surface area contributed by atoms with Crippen molar-refractivity contribution in [2.75, 3.05) is 6.54 Å². The van der Waals surface area contributed by atoms with E-state index in [1.54, 1.807) is 0 Å². The molecule has 0 aliphatic carbocycles. The van der Waals surface area contributed by atoms with Crippen LogP contribution in [0.2, 0.25) is 0 Å². The van der Waals surface area contributed by atoms with Crippen LogP contribution in [0.1, 0.15) is 44.4 Å². The van der Waals surface area contributed by atoms with Gasteiger partial charge in [0.15, 0.2) is 0 Å². The molecule has 1 N–H and O–H groups in total. The van der Waals surface area contributed by atoms with Gasteiger partial charge in [-0.25, -0.2) is 0 Å². The van der Waals surface area contributed by atoms with Crippen molar-refractivity contribution in [3.8, 4) is 0 Å². The van der Waals surface area contributed by atoms with E-state index in [-0.39, 0.29) is 0 Å². The molecule has 0 amide bonds. The topological polar surface area (TPSA) is 12.0 Å². The second-order valence-electron chi connectivity index (χ2n) is 4.01. The highest BCUT2D eigenvalue weighted by Crippen LogP contribution is 2.24. The van der Waals surface area contributed by atoms with Crippen LogP contribution in [-0.2, 0) is 0 Å². The van der Waals surface area contributed by atoms with Crippen LogP contribution in [-0.4, -0.2) is 12.6 Å². The summed E-state index contributed by atoms with van der Waals surface area (Å²) in [6.07, 6.45) is 2.46. The Hall–Kier alpha value is -0.340. The molecule has 0 aliphatic rings. The zero-order valence-corrected chi connectivity index (χ0v) is 10.2. The fraction of sp³-hybridized carbons (Fsp3) is 0.667. The van der Waals surface area contributed by atoms with Gasteiger partial charge >= 0.3 is 0 Å². The van der Waals surface area contributed by atoms with Gasteiger partial charge in [0.25, 0.3) is 0 Å². The molecular formula is C12H21NS. The average Bonchev–Trinajstić information content (AvgIpc) is 2.67. The van der Waals surface area contributed by atoms with E-state index in [2.05, 4.69) is 43.6 Å². The Labute approximate surface area is 91.5 Å². The van der Waals surface area contributed by atoms with Crippen molar-refractivity contribution in [2.45, 2.75) is 45.6 Å². The molecule has 0 bridgehead atoms. The maximum Gasteiger partial charge on any atom is 0.00740 e. The van der Waals surface area contributed by atoms with Crippen molar-refractivity contribution < 1.29 is 0 Å². The molecule has 0 radical (unpaired) electrons. The van der Waals surface area contributed by atoms with Crippen LogP contribution >= 0.6 is 11.3 Å². The minimum absolute atomic E-state index is 0.632. The van der Waals surface area contributed by atoms with E-state index in [0.717, 1.165) is 6.54 Å². The number of rotatable bonds is 6. The SMILES string of the molecule is CCCNC(C)CC(C)c1cccs1. The van der Waals surface area contributed by atoms with Crippen molar-refractivity contribution in [3.63, 3.8) is 0 Å². The number of thiophene rings is 1. The van der Waals surface area contributed by atoms with Crippen molar-refractivity contribution in [1.29, 1.82) is 0 Å². The number of nitrogens with one attached hydrogen (secondary N) is 1. The Kier molecular flexibility index (Phi) is 5.20. The van der Waals surface area contributed by atoms with Gasteiger partial charge in [0.2, 0.25) is 0 Å². The lowest BCUT2D eigenvalue weighted by atomic mass is 10.0. The molecule has 2 heteroatoms. The summed E-state index contributed by atoms with van der Waals surface area (Å²) in [7, 11) is 0. The minimum Gasteiger partial charge on any atom is -0.314 e. The average molecular weight is 211 g/mol. The van der Waals surface area contributed by atoms with Gasteiger partial charge in [0.1, 0.15) is 0 Å². The fourth-order valence-corrected chi connectivity index (χ4v) is 2.49. The fourth-order valence-electron chi connectivity index (χ4n) is 1.69. The van der Waals surface area contributed by atoms with Gasteiger partial charge < -0.3 is 5.32 Å². The lowest BCUT2D eigenvalue weighted by Gasteiger charge is -2.17. The van der Waals surface area contributed by atoms with Crippen molar-refractivity contribution in [2.24, 2.45) is 0 Å². The van der Waals surface area contributed by atoms with Gasteiger partial charge in [-0.2, -0.15) is 0 Å². The molecule has 1 rings (SSSR count). The first-order chi connectivity index (χ1) is 6.74. The van der Waals surface area contributed by atoms with Crippen molar-refractivity contribution in [3.05, 3.63) is 22.4 Å². The molecule has 1 nitrogen and oxygen atoms in total. The Morgan fingerprint density at radius 2 is 2.21 bits per heavy atom. The van der Waals surface area contributed by atoms with Crippen LogP contribution in [0.15, 0.2) is 17.5 Å². The zero-order valence-electron chi connectivity index (χ0n) is 9.42. The van der Waals surface area contributed by atoms with Gasteiger partial charge in [0.05, 0.1) is 0 Å². The van der Waals surface area contributed by atoms with Crippen molar-refractivity contribution in [1.82, 2.24) is 5.32 Å². The maximum atomic E-state index is 3.53. The second kappa shape index (κ2) is 6.20. The molecule has 1 aromatic rings. The van der Waals surface area contributed by atoms with E-state index in [9.17, 15) is 0 Å².